The maximum Gasteiger partial charge on any atom is 0.312 e. The van der Waals surface area contributed by atoms with Gasteiger partial charge in [0.05, 0.1) is 13.0 Å². The van der Waals surface area contributed by atoms with Crippen molar-refractivity contribution in [1.29, 1.82) is 0 Å². The third kappa shape index (κ3) is 2.86. The number of ether oxygens (including phenoxy) is 1. The molecule has 1 fully saturated rings. The van der Waals surface area contributed by atoms with E-state index in [-0.39, 0.29) is 17.4 Å². The fraction of sp³-hybridized carbons (Fsp3) is 0.500. The number of esters is 1. The molecule has 0 heterocycles. The van der Waals surface area contributed by atoms with Crippen LogP contribution < -0.4 is 5.73 Å². The van der Waals surface area contributed by atoms with Crippen LogP contribution in [0.5, 0.6) is 0 Å². The molecular weight excluding hydrogens is 214 g/mol. The summed E-state index contributed by atoms with van der Waals surface area (Å²) in [6.07, 6.45) is 3.10. The Morgan fingerprint density at radius 3 is 2.82 bits per heavy atom. The van der Waals surface area contributed by atoms with E-state index in [1.54, 1.807) is 0 Å². The molecule has 17 heavy (non-hydrogen) atoms. The smallest absolute Gasteiger partial charge is 0.312 e. The fourth-order valence-electron chi connectivity index (χ4n) is 2.03. The van der Waals surface area contributed by atoms with Gasteiger partial charge in [-0.25, -0.2) is 0 Å². The second-order valence-electron chi connectivity index (χ2n) is 5.03. The minimum Gasteiger partial charge on any atom is -0.469 e. The first-order valence-electron chi connectivity index (χ1n) is 6.00. The third-order valence-corrected chi connectivity index (χ3v) is 3.45. The zero-order chi connectivity index (χ0) is 12.5. The molecule has 0 saturated heterocycles. The molecule has 1 saturated carbocycles. The van der Waals surface area contributed by atoms with Gasteiger partial charge in [0.15, 0.2) is 0 Å². The molecule has 2 N–H and O–H groups in total. The van der Waals surface area contributed by atoms with Crippen LogP contribution in [0.15, 0.2) is 24.3 Å². The van der Waals surface area contributed by atoms with E-state index in [0.717, 1.165) is 24.8 Å². The number of nitrogens with two attached hydrogens (primary N) is 1. The molecule has 0 aliphatic heterocycles. The molecule has 0 radical (unpaired) electrons. The van der Waals surface area contributed by atoms with Crippen molar-refractivity contribution < 1.29 is 9.53 Å². The summed E-state index contributed by atoms with van der Waals surface area (Å²) in [5.41, 5.74) is 8.31. The Morgan fingerprint density at radius 1 is 1.53 bits per heavy atom. The van der Waals surface area contributed by atoms with E-state index in [2.05, 4.69) is 12.1 Å². The summed E-state index contributed by atoms with van der Waals surface area (Å²) in [5, 5.41) is 0. The summed E-state index contributed by atoms with van der Waals surface area (Å²) in [6, 6.07) is 8.08. The maximum absolute atomic E-state index is 11.5. The molecule has 1 aromatic carbocycles. The zero-order valence-corrected chi connectivity index (χ0v) is 10.4. The Labute approximate surface area is 102 Å². The minimum atomic E-state index is -0.215. The molecule has 1 aliphatic rings. The van der Waals surface area contributed by atoms with Crippen molar-refractivity contribution in [3.8, 4) is 0 Å². The molecule has 0 spiro atoms. The van der Waals surface area contributed by atoms with Crippen LogP contribution in [0.3, 0.4) is 0 Å². The van der Waals surface area contributed by atoms with Gasteiger partial charge < -0.3 is 10.5 Å². The van der Waals surface area contributed by atoms with Crippen molar-refractivity contribution in [2.24, 2.45) is 5.73 Å². The molecule has 3 nitrogen and oxygen atoms in total. The quantitative estimate of drug-likeness (QED) is 0.809. The minimum absolute atomic E-state index is 0.00707. The van der Waals surface area contributed by atoms with Crippen molar-refractivity contribution in [1.82, 2.24) is 0 Å². The Morgan fingerprint density at radius 2 is 2.24 bits per heavy atom. The van der Waals surface area contributed by atoms with E-state index in [0.29, 0.717) is 0 Å². The number of hydrogen-bond acceptors (Lipinski definition) is 3. The van der Waals surface area contributed by atoms with E-state index >= 15 is 0 Å². The Bertz CT molecular complexity index is 424. The van der Waals surface area contributed by atoms with Crippen LogP contribution in [0.1, 0.15) is 36.8 Å². The van der Waals surface area contributed by atoms with Crippen LogP contribution in [-0.2, 0) is 16.0 Å². The van der Waals surface area contributed by atoms with Crippen molar-refractivity contribution in [2.75, 3.05) is 7.11 Å². The molecule has 0 bridgehead atoms. The van der Waals surface area contributed by atoms with E-state index in [1.807, 2.05) is 19.1 Å². The molecule has 0 amide bonds. The molecule has 1 aliphatic carbocycles. The van der Waals surface area contributed by atoms with E-state index < -0.39 is 0 Å². The number of benzene rings is 1. The topological polar surface area (TPSA) is 52.3 Å². The van der Waals surface area contributed by atoms with Crippen LogP contribution in [-0.4, -0.2) is 18.6 Å². The first-order chi connectivity index (χ1) is 8.04. The van der Waals surface area contributed by atoms with Gasteiger partial charge in [0.2, 0.25) is 0 Å². The van der Waals surface area contributed by atoms with Gasteiger partial charge in [-0.2, -0.15) is 0 Å². The van der Waals surface area contributed by atoms with Gasteiger partial charge in [0.25, 0.3) is 0 Å². The van der Waals surface area contributed by atoms with Gasteiger partial charge in [-0.1, -0.05) is 24.3 Å². The molecule has 0 aromatic heterocycles. The van der Waals surface area contributed by atoms with Crippen LogP contribution in [0.2, 0.25) is 0 Å². The normalized spacial score (nSPS) is 18.5. The van der Waals surface area contributed by atoms with E-state index in [9.17, 15) is 4.79 Å². The number of carbonyl (C=O) groups excluding carboxylic acids is 1. The van der Waals surface area contributed by atoms with Gasteiger partial charge in [0, 0.05) is 5.54 Å². The highest BCUT2D eigenvalue weighted by Crippen LogP contribution is 2.35. The molecule has 92 valence electrons. The average molecular weight is 233 g/mol. The zero-order valence-electron chi connectivity index (χ0n) is 10.4. The first kappa shape index (κ1) is 12.1. The number of carbonyl (C=O) groups is 1. The lowest BCUT2D eigenvalue weighted by Crippen LogP contribution is -2.24. The lowest BCUT2D eigenvalue weighted by molar-refractivity contribution is -0.141. The van der Waals surface area contributed by atoms with Gasteiger partial charge in [-0.05, 0) is 37.3 Å². The van der Waals surface area contributed by atoms with Gasteiger partial charge in [0.1, 0.15) is 0 Å². The molecule has 1 aromatic rings. The van der Waals surface area contributed by atoms with Crippen LogP contribution in [0.4, 0.5) is 0 Å². The SMILES string of the molecule is COC(=O)C(C)c1cccc(CC2(N)CC2)c1. The monoisotopic (exact) mass is 233 g/mol. The van der Waals surface area contributed by atoms with Crippen molar-refractivity contribution >= 4 is 5.97 Å². The number of hydrogen-bond donors (Lipinski definition) is 1. The molecule has 2 rings (SSSR count). The summed E-state index contributed by atoms with van der Waals surface area (Å²) >= 11 is 0. The maximum atomic E-state index is 11.5. The first-order valence-corrected chi connectivity index (χ1v) is 6.00. The lowest BCUT2D eigenvalue weighted by atomic mass is 9.96. The van der Waals surface area contributed by atoms with Gasteiger partial charge in [-0.3, -0.25) is 4.79 Å². The second kappa shape index (κ2) is 4.49. The van der Waals surface area contributed by atoms with Crippen molar-refractivity contribution in [2.45, 2.75) is 37.6 Å². The Hall–Kier alpha value is -1.35. The van der Waals surface area contributed by atoms with E-state index in [1.165, 1.54) is 12.7 Å². The summed E-state index contributed by atoms with van der Waals surface area (Å²) in [6.45, 7) is 1.86. The molecule has 1 atom stereocenters. The summed E-state index contributed by atoms with van der Waals surface area (Å²) in [5.74, 6) is -0.413. The third-order valence-electron chi connectivity index (χ3n) is 3.45. The van der Waals surface area contributed by atoms with Crippen molar-refractivity contribution in [3.05, 3.63) is 35.4 Å². The summed E-state index contributed by atoms with van der Waals surface area (Å²) < 4.78 is 4.76. The second-order valence-corrected chi connectivity index (χ2v) is 5.03. The van der Waals surface area contributed by atoms with Crippen LogP contribution in [0, 0.1) is 0 Å². The largest absolute Gasteiger partial charge is 0.469 e. The number of rotatable bonds is 4. The molecule has 3 heteroatoms. The standard InChI is InChI=1S/C14H19NO2/c1-10(13(16)17-2)12-5-3-4-11(8-12)9-14(15)6-7-14/h3-5,8,10H,6-7,9,15H2,1-2H3. The number of methoxy groups -OCH3 is 1. The highest BCUT2D eigenvalue weighted by molar-refractivity contribution is 5.77. The molecular formula is C14H19NO2. The van der Waals surface area contributed by atoms with E-state index in [4.69, 9.17) is 10.5 Å². The molecule has 1 unspecified atom stereocenters. The summed E-state index contributed by atoms with van der Waals surface area (Å²) in [4.78, 5) is 11.5. The highest BCUT2D eigenvalue weighted by atomic mass is 16.5. The Kier molecular flexibility index (Phi) is 3.20. The van der Waals surface area contributed by atoms with Gasteiger partial charge in [-0.15, -0.1) is 0 Å². The van der Waals surface area contributed by atoms with Crippen LogP contribution >= 0.6 is 0 Å². The lowest BCUT2D eigenvalue weighted by Gasteiger charge is -2.13. The van der Waals surface area contributed by atoms with Gasteiger partial charge >= 0.3 is 5.97 Å². The summed E-state index contributed by atoms with van der Waals surface area (Å²) in [7, 11) is 1.42. The predicted octanol–water partition coefficient (Wildman–Crippen LogP) is 2.00. The highest BCUT2D eigenvalue weighted by Gasteiger charge is 2.37. The Balaban J connectivity index is 2.13. The predicted molar refractivity (Wildman–Crippen MR) is 66.7 cm³/mol. The van der Waals surface area contributed by atoms with Crippen molar-refractivity contribution in [3.63, 3.8) is 0 Å². The van der Waals surface area contributed by atoms with Crippen LogP contribution in [0.25, 0.3) is 0 Å². The fourth-order valence-corrected chi connectivity index (χ4v) is 2.03. The average Bonchev–Trinajstić information content (AvgIpc) is 3.05.